The number of hydrogen-bond acceptors (Lipinski definition) is 2. The molecule has 0 amide bonds. The molecule has 0 aromatic rings. The zero-order valence-electron chi connectivity index (χ0n) is 5.81. The Bertz CT molecular complexity index is 84.5. The second-order valence-corrected chi connectivity index (χ2v) is 2.02. The Morgan fingerprint density at radius 3 is 2.25 bits per heavy atom. The predicted octanol–water partition coefficient (Wildman–Crippen LogP) is 0.758. The second-order valence-electron chi connectivity index (χ2n) is 2.02. The molecule has 0 rings (SSSR count). The van der Waals surface area contributed by atoms with Gasteiger partial charge in [-0.15, -0.1) is 0 Å². The van der Waals surface area contributed by atoms with E-state index in [0.717, 1.165) is 12.1 Å². The molecule has 0 unspecified atom stereocenters. The minimum absolute atomic E-state index is 0.926. The van der Waals surface area contributed by atoms with Crippen LogP contribution in [0.4, 0.5) is 0 Å². The van der Waals surface area contributed by atoms with Crippen LogP contribution in [0.1, 0.15) is 13.3 Å². The summed E-state index contributed by atoms with van der Waals surface area (Å²) in [4.78, 5) is 1.94. The lowest BCUT2D eigenvalue weighted by molar-refractivity contribution is 0.555. The van der Waals surface area contributed by atoms with Crippen molar-refractivity contribution in [2.75, 3.05) is 14.1 Å². The highest BCUT2D eigenvalue weighted by Crippen LogP contribution is 1.89. The summed E-state index contributed by atoms with van der Waals surface area (Å²) in [6.45, 7) is 2.04. The van der Waals surface area contributed by atoms with Gasteiger partial charge in [-0.1, -0.05) is 6.92 Å². The molecule has 0 bridgehead atoms. The molecule has 0 aromatic heterocycles. The molecule has 0 saturated heterocycles. The van der Waals surface area contributed by atoms with Crippen molar-refractivity contribution in [3.05, 3.63) is 11.9 Å². The van der Waals surface area contributed by atoms with E-state index in [1.54, 1.807) is 0 Å². The summed E-state index contributed by atoms with van der Waals surface area (Å²) in [6, 6.07) is 0. The van der Waals surface area contributed by atoms with Gasteiger partial charge in [0.05, 0.1) is 0 Å². The Morgan fingerprint density at radius 2 is 2.12 bits per heavy atom. The van der Waals surface area contributed by atoms with Crippen LogP contribution in [-0.4, -0.2) is 19.0 Å². The lowest BCUT2D eigenvalue weighted by Crippen LogP contribution is -2.06. The highest BCUT2D eigenvalue weighted by atomic mass is 15.0. The third-order valence-electron chi connectivity index (χ3n) is 0.832. The fourth-order valence-corrected chi connectivity index (χ4v) is 0.423. The molecule has 0 spiro atoms. The lowest BCUT2D eigenvalue weighted by atomic mass is 10.4. The van der Waals surface area contributed by atoms with Gasteiger partial charge >= 0.3 is 0 Å². The molecule has 0 aromatic carbocycles. The van der Waals surface area contributed by atoms with Gasteiger partial charge in [-0.25, -0.2) is 0 Å². The molecule has 2 heteroatoms. The molecule has 2 nitrogen and oxygen atoms in total. The maximum atomic E-state index is 5.49. The highest BCUT2D eigenvalue weighted by Gasteiger charge is 1.82. The molecule has 0 aliphatic carbocycles. The maximum Gasteiger partial charge on any atom is 0.0239 e. The van der Waals surface area contributed by atoms with Crippen LogP contribution in [0.15, 0.2) is 11.9 Å². The fourth-order valence-electron chi connectivity index (χ4n) is 0.423. The molecular weight excluding hydrogens is 100 g/mol. The first-order valence-electron chi connectivity index (χ1n) is 2.79. The van der Waals surface area contributed by atoms with E-state index < -0.39 is 0 Å². The van der Waals surface area contributed by atoms with Crippen LogP contribution in [0.5, 0.6) is 0 Å². The van der Waals surface area contributed by atoms with Gasteiger partial charge in [0.1, 0.15) is 0 Å². The Morgan fingerprint density at radius 1 is 1.62 bits per heavy atom. The van der Waals surface area contributed by atoms with Crippen LogP contribution >= 0.6 is 0 Å². The fraction of sp³-hybridized carbons (Fsp3) is 0.667. The van der Waals surface area contributed by atoms with Gasteiger partial charge in [-0.05, 0) is 6.42 Å². The Balaban J connectivity index is 3.56. The summed E-state index contributed by atoms with van der Waals surface area (Å²) < 4.78 is 0. The number of hydrogen-bond donors (Lipinski definition) is 1. The predicted molar refractivity (Wildman–Crippen MR) is 36.2 cm³/mol. The van der Waals surface area contributed by atoms with Crippen molar-refractivity contribution in [1.29, 1.82) is 0 Å². The number of nitrogens with zero attached hydrogens (tertiary/aromatic N) is 1. The zero-order chi connectivity index (χ0) is 6.57. The summed E-state index contributed by atoms with van der Waals surface area (Å²) in [5, 5.41) is 0. The Labute approximate surface area is 51.0 Å². The van der Waals surface area contributed by atoms with Gasteiger partial charge in [0.15, 0.2) is 0 Å². The van der Waals surface area contributed by atoms with Gasteiger partial charge in [0, 0.05) is 26.0 Å². The summed E-state index contributed by atoms with van der Waals surface area (Å²) >= 11 is 0. The SMILES string of the molecule is CC/C(N)=C/N(C)C. The minimum atomic E-state index is 0.926. The molecular formula is C6H14N2. The van der Waals surface area contributed by atoms with Crippen LogP contribution in [0, 0.1) is 0 Å². The average Bonchev–Trinajstić information content (AvgIpc) is 1.65. The van der Waals surface area contributed by atoms with Crippen LogP contribution in [0.3, 0.4) is 0 Å². The van der Waals surface area contributed by atoms with Crippen LogP contribution < -0.4 is 5.73 Å². The molecule has 0 heterocycles. The molecule has 0 aliphatic rings. The standard InChI is InChI=1S/C6H14N2/c1-4-6(7)5-8(2)3/h5H,4,7H2,1-3H3/b6-5-. The topological polar surface area (TPSA) is 29.3 Å². The van der Waals surface area contributed by atoms with E-state index in [9.17, 15) is 0 Å². The molecule has 0 atom stereocenters. The summed E-state index contributed by atoms with van der Waals surface area (Å²) in [6.07, 6.45) is 2.85. The van der Waals surface area contributed by atoms with Gasteiger partial charge in [0.2, 0.25) is 0 Å². The van der Waals surface area contributed by atoms with Crippen molar-refractivity contribution in [3.8, 4) is 0 Å². The average molecular weight is 114 g/mol. The number of nitrogens with two attached hydrogens (primary N) is 1. The lowest BCUT2D eigenvalue weighted by Gasteiger charge is -2.05. The summed E-state index contributed by atoms with van der Waals surface area (Å²) in [7, 11) is 3.92. The van der Waals surface area contributed by atoms with Crippen molar-refractivity contribution in [3.63, 3.8) is 0 Å². The van der Waals surface area contributed by atoms with Gasteiger partial charge < -0.3 is 10.6 Å². The first-order valence-corrected chi connectivity index (χ1v) is 2.79. The van der Waals surface area contributed by atoms with E-state index in [1.165, 1.54) is 0 Å². The summed E-state index contributed by atoms with van der Waals surface area (Å²) in [5.74, 6) is 0. The molecule has 8 heavy (non-hydrogen) atoms. The van der Waals surface area contributed by atoms with Crippen molar-refractivity contribution in [2.45, 2.75) is 13.3 Å². The molecule has 0 saturated carbocycles. The quantitative estimate of drug-likeness (QED) is 0.574. The molecule has 0 radical (unpaired) electrons. The van der Waals surface area contributed by atoms with Gasteiger partial charge in [-0.3, -0.25) is 0 Å². The van der Waals surface area contributed by atoms with E-state index >= 15 is 0 Å². The number of allylic oxidation sites excluding steroid dienone is 1. The Hall–Kier alpha value is -0.660. The first kappa shape index (κ1) is 7.34. The van der Waals surface area contributed by atoms with E-state index in [4.69, 9.17) is 5.73 Å². The van der Waals surface area contributed by atoms with E-state index in [-0.39, 0.29) is 0 Å². The van der Waals surface area contributed by atoms with Crippen molar-refractivity contribution < 1.29 is 0 Å². The van der Waals surface area contributed by atoms with Crippen LogP contribution in [0.2, 0.25) is 0 Å². The second kappa shape index (κ2) is 3.36. The van der Waals surface area contributed by atoms with Gasteiger partial charge in [-0.2, -0.15) is 0 Å². The summed E-state index contributed by atoms with van der Waals surface area (Å²) in [5.41, 5.74) is 6.42. The van der Waals surface area contributed by atoms with Crippen LogP contribution in [0.25, 0.3) is 0 Å². The van der Waals surface area contributed by atoms with Crippen LogP contribution in [-0.2, 0) is 0 Å². The third kappa shape index (κ3) is 3.53. The molecule has 0 fully saturated rings. The van der Waals surface area contributed by atoms with Gasteiger partial charge in [0.25, 0.3) is 0 Å². The monoisotopic (exact) mass is 114 g/mol. The largest absolute Gasteiger partial charge is 0.401 e. The first-order chi connectivity index (χ1) is 3.66. The normalized spacial score (nSPS) is 11.6. The maximum absolute atomic E-state index is 5.49. The van der Waals surface area contributed by atoms with E-state index in [0.29, 0.717) is 0 Å². The smallest absolute Gasteiger partial charge is 0.0239 e. The minimum Gasteiger partial charge on any atom is -0.401 e. The third-order valence-corrected chi connectivity index (χ3v) is 0.832. The Kier molecular flexibility index (Phi) is 3.08. The zero-order valence-corrected chi connectivity index (χ0v) is 5.81. The highest BCUT2D eigenvalue weighted by molar-refractivity contribution is 4.92. The number of rotatable bonds is 2. The van der Waals surface area contributed by atoms with E-state index in [1.807, 2.05) is 32.1 Å². The van der Waals surface area contributed by atoms with Crippen molar-refractivity contribution in [2.24, 2.45) is 5.73 Å². The van der Waals surface area contributed by atoms with E-state index in [2.05, 4.69) is 0 Å². The van der Waals surface area contributed by atoms with Crippen molar-refractivity contribution in [1.82, 2.24) is 4.90 Å². The molecule has 0 aliphatic heterocycles. The molecule has 2 N–H and O–H groups in total. The molecule has 48 valence electrons. The van der Waals surface area contributed by atoms with Crippen molar-refractivity contribution >= 4 is 0 Å².